The van der Waals surface area contributed by atoms with Gasteiger partial charge in [0.25, 0.3) is 5.91 Å². The van der Waals surface area contributed by atoms with Crippen molar-refractivity contribution in [3.05, 3.63) is 64.1 Å². The Labute approximate surface area is 182 Å². The van der Waals surface area contributed by atoms with Gasteiger partial charge in [-0.2, -0.15) is 0 Å². The molecule has 0 saturated carbocycles. The van der Waals surface area contributed by atoms with Gasteiger partial charge in [-0.1, -0.05) is 0 Å². The third-order valence-corrected chi connectivity index (χ3v) is 6.26. The fourth-order valence-corrected chi connectivity index (χ4v) is 4.39. The maximum atomic E-state index is 13.4. The summed E-state index contributed by atoms with van der Waals surface area (Å²) in [6.07, 6.45) is 5.82. The molecule has 0 atom stereocenters. The van der Waals surface area contributed by atoms with Crippen molar-refractivity contribution in [1.29, 1.82) is 0 Å². The molecule has 1 aromatic carbocycles. The van der Waals surface area contributed by atoms with Crippen LogP contribution >= 0.6 is 15.9 Å². The highest BCUT2D eigenvalue weighted by molar-refractivity contribution is 9.10. The molecule has 2 amide bonds. The Morgan fingerprint density at radius 1 is 1.27 bits per heavy atom. The summed E-state index contributed by atoms with van der Waals surface area (Å²) in [5.41, 5.74) is 2.38. The van der Waals surface area contributed by atoms with E-state index in [-0.39, 0.29) is 24.4 Å². The van der Waals surface area contributed by atoms with Crippen LogP contribution in [0.25, 0.3) is 11.0 Å². The summed E-state index contributed by atoms with van der Waals surface area (Å²) < 4.78 is 13.9. The molecular formula is C22H22BrFN4O2. The lowest BCUT2D eigenvalue weighted by molar-refractivity contribution is -0.132. The number of aromatic nitrogens is 2. The number of piperidine rings is 1. The summed E-state index contributed by atoms with van der Waals surface area (Å²) in [6.45, 7) is 1.61. The highest BCUT2D eigenvalue weighted by atomic mass is 79.9. The Morgan fingerprint density at radius 2 is 2.07 bits per heavy atom. The van der Waals surface area contributed by atoms with Gasteiger partial charge in [0, 0.05) is 48.3 Å². The topological polar surface area (TPSA) is 78.1 Å². The third kappa shape index (κ3) is 4.38. The summed E-state index contributed by atoms with van der Waals surface area (Å²) in [7, 11) is 0. The molecule has 0 radical (unpaired) electrons. The number of nitrogens with zero attached hydrogens (tertiary/aromatic N) is 2. The minimum Gasteiger partial charge on any atom is -0.351 e. The van der Waals surface area contributed by atoms with Crippen LogP contribution in [-0.4, -0.2) is 46.3 Å². The number of hydrogen-bond acceptors (Lipinski definition) is 3. The molecule has 0 bridgehead atoms. The zero-order valence-corrected chi connectivity index (χ0v) is 17.9. The van der Waals surface area contributed by atoms with Gasteiger partial charge >= 0.3 is 0 Å². The number of benzene rings is 1. The molecule has 4 rings (SSSR count). The van der Waals surface area contributed by atoms with E-state index in [9.17, 15) is 14.0 Å². The zero-order chi connectivity index (χ0) is 21.1. The van der Waals surface area contributed by atoms with Crippen molar-refractivity contribution in [3.8, 4) is 0 Å². The second-order valence-electron chi connectivity index (χ2n) is 7.43. The second kappa shape index (κ2) is 8.95. The number of aromatic amines is 1. The number of nitrogens with one attached hydrogen (secondary N) is 2. The molecule has 0 aliphatic carbocycles. The van der Waals surface area contributed by atoms with E-state index in [4.69, 9.17) is 0 Å². The van der Waals surface area contributed by atoms with Crippen LogP contribution < -0.4 is 5.32 Å². The SMILES string of the molecule is O=C(NCCC(=O)N1CCC(c2c[nH]c3ncccc23)CC1)c1cc(F)ccc1Br. The van der Waals surface area contributed by atoms with Crippen LogP contribution in [0.5, 0.6) is 0 Å². The van der Waals surface area contributed by atoms with Crippen LogP contribution in [0.15, 0.2) is 47.2 Å². The highest BCUT2D eigenvalue weighted by Crippen LogP contribution is 2.32. The zero-order valence-electron chi connectivity index (χ0n) is 16.3. The molecule has 3 heterocycles. The molecule has 6 nitrogen and oxygen atoms in total. The average Bonchev–Trinajstić information content (AvgIpc) is 3.19. The molecule has 156 valence electrons. The fraction of sp³-hybridized carbons (Fsp3) is 0.318. The molecule has 2 aromatic heterocycles. The number of halogens is 2. The predicted octanol–water partition coefficient (Wildman–Crippen LogP) is 3.99. The van der Waals surface area contributed by atoms with Crippen molar-refractivity contribution in [1.82, 2.24) is 20.2 Å². The molecule has 1 saturated heterocycles. The van der Waals surface area contributed by atoms with Crippen molar-refractivity contribution in [2.75, 3.05) is 19.6 Å². The Kier molecular flexibility index (Phi) is 6.13. The molecule has 1 aliphatic heterocycles. The van der Waals surface area contributed by atoms with Crippen molar-refractivity contribution in [2.45, 2.75) is 25.2 Å². The van der Waals surface area contributed by atoms with Gasteiger partial charge in [0.2, 0.25) is 5.91 Å². The number of rotatable bonds is 5. The smallest absolute Gasteiger partial charge is 0.252 e. The standard InChI is InChI=1S/C22H22BrFN4O2/c23-19-4-3-15(24)12-17(19)22(30)26-9-5-20(29)28-10-6-14(7-11-28)18-13-27-21-16(18)2-1-8-25-21/h1-4,8,12-14H,5-7,9-11H2,(H,25,27)(H,26,30). The summed E-state index contributed by atoms with van der Waals surface area (Å²) in [4.78, 5) is 34.2. The summed E-state index contributed by atoms with van der Waals surface area (Å²) in [5, 5.41) is 3.84. The number of H-pyrrole nitrogens is 1. The van der Waals surface area contributed by atoms with Crippen molar-refractivity contribution in [3.63, 3.8) is 0 Å². The monoisotopic (exact) mass is 472 g/mol. The molecular weight excluding hydrogens is 451 g/mol. The number of fused-ring (bicyclic) bond motifs is 1. The van der Waals surface area contributed by atoms with E-state index in [0.29, 0.717) is 23.5 Å². The predicted molar refractivity (Wildman–Crippen MR) is 116 cm³/mol. The Balaban J connectivity index is 1.26. The van der Waals surface area contributed by atoms with Crippen LogP contribution in [0.4, 0.5) is 4.39 Å². The fourth-order valence-electron chi connectivity index (χ4n) is 3.96. The first kappa shape index (κ1) is 20.5. The van der Waals surface area contributed by atoms with E-state index >= 15 is 0 Å². The molecule has 3 aromatic rings. The first-order valence-corrected chi connectivity index (χ1v) is 10.8. The summed E-state index contributed by atoms with van der Waals surface area (Å²) >= 11 is 3.24. The van der Waals surface area contributed by atoms with Crippen LogP contribution in [0.2, 0.25) is 0 Å². The van der Waals surface area contributed by atoms with Gasteiger partial charge in [0.15, 0.2) is 0 Å². The van der Waals surface area contributed by atoms with Gasteiger partial charge in [-0.15, -0.1) is 0 Å². The van der Waals surface area contributed by atoms with E-state index in [2.05, 4.69) is 37.3 Å². The average molecular weight is 473 g/mol. The van der Waals surface area contributed by atoms with Gasteiger partial charge in [-0.3, -0.25) is 9.59 Å². The molecule has 2 N–H and O–H groups in total. The molecule has 0 unspecified atom stereocenters. The van der Waals surface area contributed by atoms with E-state index in [1.807, 2.05) is 17.2 Å². The lowest BCUT2D eigenvalue weighted by Gasteiger charge is -2.32. The number of amides is 2. The third-order valence-electron chi connectivity index (χ3n) is 5.57. The van der Waals surface area contributed by atoms with Gasteiger partial charge < -0.3 is 15.2 Å². The van der Waals surface area contributed by atoms with Gasteiger partial charge in [0.05, 0.1) is 5.56 Å². The quantitative estimate of drug-likeness (QED) is 0.589. The van der Waals surface area contributed by atoms with Gasteiger partial charge in [-0.25, -0.2) is 9.37 Å². The summed E-state index contributed by atoms with van der Waals surface area (Å²) in [6, 6.07) is 7.96. The second-order valence-corrected chi connectivity index (χ2v) is 8.28. The largest absolute Gasteiger partial charge is 0.351 e. The Bertz CT molecular complexity index is 1080. The first-order valence-electron chi connectivity index (χ1n) is 9.96. The molecule has 1 fully saturated rings. The molecule has 8 heteroatoms. The highest BCUT2D eigenvalue weighted by Gasteiger charge is 2.25. The first-order chi connectivity index (χ1) is 14.5. The van der Waals surface area contributed by atoms with Gasteiger partial charge in [-0.05, 0) is 70.6 Å². The maximum absolute atomic E-state index is 13.4. The minimum atomic E-state index is -0.478. The van der Waals surface area contributed by atoms with Crippen LogP contribution in [-0.2, 0) is 4.79 Å². The Hall–Kier alpha value is -2.74. The van der Waals surface area contributed by atoms with Crippen molar-refractivity contribution in [2.24, 2.45) is 0 Å². The minimum absolute atomic E-state index is 0.0210. The van der Waals surface area contributed by atoms with Crippen LogP contribution in [0, 0.1) is 5.82 Å². The summed E-state index contributed by atoms with van der Waals surface area (Å²) in [5.74, 6) is -0.459. The van der Waals surface area contributed by atoms with Gasteiger partial charge in [0.1, 0.15) is 11.5 Å². The van der Waals surface area contributed by atoms with E-state index in [0.717, 1.165) is 23.9 Å². The lowest BCUT2D eigenvalue weighted by atomic mass is 9.89. The number of hydrogen-bond donors (Lipinski definition) is 2. The lowest BCUT2D eigenvalue weighted by Crippen LogP contribution is -2.39. The maximum Gasteiger partial charge on any atom is 0.252 e. The number of carbonyl (C=O) groups excluding carboxylic acids is 2. The van der Waals surface area contributed by atoms with Crippen molar-refractivity contribution >= 4 is 38.8 Å². The van der Waals surface area contributed by atoms with Crippen LogP contribution in [0.3, 0.4) is 0 Å². The van der Waals surface area contributed by atoms with Crippen LogP contribution in [0.1, 0.15) is 41.1 Å². The van der Waals surface area contributed by atoms with E-state index < -0.39 is 11.7 Å². The van der Waals surface area contributed by atoms with E-state index in [1.165, 1.54) is 23.8 Å². The number of pyridine rings is 1. The molecule has 30 heavy (non-hydrogen) atoms. The Morgan fingerprint density at radius 3 is 2.87 bits per heavy atom. The molecule has 0 spiro atoms. The molecule has 1 aliphatic rings. The van der Waals surface area contributed by atoms with E-state index in [1.54, 1.807) is 6.20 Å². The number of carbonyl (C=O) groups is 2. The normalized spacial score (nSPS) is 14.8. The van der Waals surface area contributed by atoms with Crippen molar-refractivity contribution < 1.29 is 14.0 Å². The number of likely N-dealkylation sites (tertiary alicyclic amines) is 1.